The Balaban J connectivity index is 2.04. The topological polar surface area (TPSA) is 119 Å². The standard InChI is InChI=1S/C12H20N6O2/c1-8-2-4-9(5-3-8)6-14-11-10(18(19)20)12(17-13)16-7-15-11/h7-9H,2-6,13H2,1H3,(H2,14,15,16,17). The summed E-state index contributed by atoms with van der Waals surface area (Å²) in [6, 6.07) is 0. The Bertz CT molecular complexity index is 473. The molecular weight excluding hydrogens is 260 g/mol. The lowest BCUT2D eigenvalue weighted by Gasteiger charge is -2.26. The average molecular weight is 280 g/mol. The number of nitrogens with zero attached hydrogens (tertiary/aromatic N) is 3. The van der Waals surface area contributed by atoms with E-state index in [4.69, 9.17) is 5.84 Å². The third kappa shape index (κ3) is 3.32. The molecule has 0 atom stereocenters. The van der Waals surface area contributed by atoms with E-state index >= 15 is 0 Å². The molecule has 1 aliphatic carbocycles. The van der Waals surface area contributed by atoms with Gasteiger partial charge in [-0.05, 0) is 24.7 Å². The Kier molecular flexibility index (Phi) is 4.67. The fourth-order valence-corrected chi connectivity index (χ4v) is 2.56. The highest BCUT2D eigenvalue weighted by Gasteiger charge is 2.24. The van der Waals surface area contributed by atoms with Crippen LogP contribution in [-0.2, 0) is 0 Å². The number of nitro groups is 1. The number of hydrogen-bond acceptors (Lipinski definition) is 7. The molecule has 0 amide bonds. The molecule has 1 fully saturated rings. The summed E-state index contributed by atoms with van der Waals surface area (Å²) in [5.74, 6) is 6.80. The predicted molar refractivity (Wildman–Crippen MR) is 76.1 cm³/mol. The summed E-state index contributed by atoms with van der Waals surface area (Å²) < 4.78 is 0. The summed E-state index contributed by atoms with van der Waals surface area (Å²) in [6.45, 7) is 2.95. The van der Waals surface area contributed by atoms with Crippen molar-refractivity contribution in [2.75, 3.05) is 17.3 Å². The lowest BCUT2D eigenvalue weighted by atomic mass is 9.83. The highest BCUT2D eigenvalue weighted by atomic mass is 16.6. The second kappa shape index (κ2) is 6.47. The van der Waals surface area contributed by atoms with Gasteiger partial charge in [0, 0.05) is 6.54 Å². The van der Waals surface area contributed by atoms with E-state index in [1.54, 1.807) is 0 Å². The van der Waals surface area contributed by atoms with E-state index in [1.165, 1.54) is 19.2 Å². The Morgan fingerprint density at radius 1 is 1.35 bits per heavy atom. The maximum absolute atomic E-state index is 11.1. The third-order valence-electron chi connectivity index (χ3n) is 3.84. The highest BCUT2D eigenvalue weighted by molar-refractivity contribution is 5.68. The third-order valence-corrected chi connectivity index (χ3v) is 3.84. The Labute approximate surface area is 117 Å². The second-order valence-corrected chi connectivity index (χ2v) is 5.33. The van der Waals surface area contributed by atoms with Crippen LogP contribution in [0, 0.1) is 22.0 Å². The van der Waals surface area contributed by atoms with Gasteiger partial charge < -0.3 is 10.7 Å². The smallest absolute Gasteiger partial charge is 0.354 e. The van der Waals surface area contributed by atoms with E-state index in [-0.39, 0.29) is 17.3 Å². The van der Waals surface area contributed by atoms with E-state index < -0.39 is 4.92 Å². The first-order chi connectivity index (χ1) is 9.61. The largest absolute Gasteiger partial charge is 0.364 e. The van der Waals surface area contributed by atoms with Gasteiger partial charge in [0.15, 0.2) is 0 Å². The number of hydrogen-bond donors (Lipinski definition) is 3. The minimum atomic E-state index is -0.527. The first kappa shape index (κ1) is 14.4. The molecule has 0 saturated heterocycles. The van der Waals surface area contributed by atoms with Crippen LogP contribution in [0.3, 0.4) is 0 Å². The van der Waals surface area contributed by atoms with Crippen LogP contribution in [0.5, 0.6) is 0 Å². The Hall–Kier alpha value is -1.96. The molecular formula is C12H20N6O2. The normalized spacial score (nSPS) is 22.3. The fraction of sp³-hybridized carbons (Fsp3) is 0.667. The molecule has 1 aromatic rings. The van der Waals surface area contributed by atoms with Crippen molar-refractivity contribution in [3.63, 3.8) is 0 Å². The summed E-state index contributed by atoms with van der Waals surface area (Å²) in [6.07, 6.45) is 5.99. The molecule has 0 unspecified atom stereocenters. The first-order valence-corrected chi connectivity index (χ1v) is 6.81. The van der Waals surface area contributed by atoms with E-state index in [2.05, 4.69) is 27.6 Å². The van der Waals surface area contributed by atoms with Gasteiger partial charge in [0.05, 0.1) is 4.92 Å². The van der Waals surface area contributed by atoms with Crippen molar-refractivity contribution in [2.24, 2.45) is 17.7 Å². The lowest BCUT2D eigenvalue weighted by molar-refractivity contribution is -0.383. The molecule has 2 rings (SSSR count). The Morgan fingerprint density at radius 3 is 2.60 bits per heavy atom. The quantitative estimate of drug-likeness (QED) is 0.428. The Morgan fingerprint density at radius 2 is 2.00 bits per heavy atom. The lowest BCUT2D eigenvalue weighted by Crippen LogP contribution is -2.21. The molecule has 0 aromatic carbocycles. The van der Waals surface area contributed by atoms with Gasteiger partial charge in [-0.1, -0.05) is 19.8 Å². The van der Waals surface area contributed by atoms with Crippen LogP contribution in [0.25, 0.3) is 0 Å². The molecule has 8 heteroatoms. The van der Waals surface area contributed by atoms with Crippen molar-refractivity contribution in [3.05, 3.63) is 16.4 Å². The maximum atomic E-state index is 11.1. The summed E-state index contributed by atoms with van der Waals surface area (Å²) in [4.78, 5) is 18.3. The molecule has 4 N–H and O–H groups in total. The first-order valence-electron chi connectivity index (χ1n) is 6.81. The van der Waals surface area contributed by atoms with Crippen molar-refractivity contribution in [3.8, 4) is 0 Å². The van der Waals surface area contributed by atoms with Gasteiger partial charge >= 0.3 is 5.69 Å². The van der Waals surface area contributed by atoms with Crippen LogP contribution >= 0.6 is 0 Å². The fourth-order valence-electron chi connectivity index (χ4n) is 2.56. The van der Waals surface area contributed by atoms with Crippen molar-refractivity contribution < 1.29 is 4.92 Å². The average Bonchev–Trinajstić information content (AvgIpc) is 2.46. The summed E-state index contributed by atoms with van der Waals surface area (Å²) in [5, 5.41) is 14.2. The van der Waals surface area contributed by atoms with Crippen LogP contribution in [0.15, 0.2) is 6.33 Å². The van der Waals surface area contributed by atoms with Gasteiger partial charge in [0.25, 0.3) is 0 Å². The van der Waals surface area contributed by atoms with E-state index in [9.17, 15) is 10.1 Å². The monoisotopic (exact) mass is 280 g/mol. The minimum Gasteiger partial charge on any atom is -0.364 e. The number of nitrogens with one attached hydrogen (secondary N) is 2. The molecule has 110 valence electrons. The molecule has 1 aliphatic rings. The predicted octanol–water partition coefficient (Wildman–Crippen LogP) is 1.91. The van der Waals surface area contributed by atoms with Crippen molar-refractivity contribution in [2.45, 2.75) is 32.6 Å². The molecule has 0 bridgehead atoms. The number of anilines is 2. The molecule has 1 heterocycles. The van der Waals surface area contributed by atoms with Gasteiger partial charge in [0.1, 0.15) is 6.33 Å². The molecule has 1 saturated carbocycles. The zero-order valence-corrected chi connectivity index (χ0v) is 11.5. The van der Waals surface area contributed by atoms with Crippen LogP contribution in [-0.4, -0.2) is 21.4 Å². The molecule has 0 radical (unpaired) electrons. The summed E-state index contributed by atoms with van der Waals surface area (Å²) >= 11 is 0. The van der Waals surface area contributed by atoms with Crippen LogP contribution < -0.4 is 16.6 Å². The maximum Gasteiger partial charge on any atom is 0.354 e. The molecule has 1 aromatic heterocycles. The SMILES string of the molecule is CC1CCC(CNc2ncnc(NN)c2[N+](=O)[O-])CC1. The van der Waals surface area contributed by atoms with Gasteiger partial charge in [-0.25, -0.2) is 15.8 Å². The minimum absolute atomic E-state index is 0.0183. The van der Waals surface area contributed by atoms with Gasteiger partial charge in [-0.3, -0.25) is 10.1 Å². The van der Waals surface area contributed by atoms with Gasteiger partial charge in [0.2, 0.25) is 11.6 Å². The van der Waals surface area contributed by atoms with Crippen LogP contribution in [0.4, 0.5) is 17.3 Å². The van der Waals surface area contributed by atoms with Crippen molar-refractivity contribution in [1.29, 1.82) is 0 Å². The van der Waals surface area contributed by atoms with E-state index in [1.807, 2.05) is 0 Å². The van der Waals surface area contributed by atoms with Crippen molar-refractivity contribution >= 4 is 17.3 Å². The molecule has 0 aliphatic heterocycles. The van der Waals surface area contributed by atoms with Crippen LogP contribution in [0.1, 0.15) is 32.6 Å². The zero-order valence-electron chi connectivity index (χ0n) is 11.5. The number of rotatable bonds is 5. The molecule has 0 spiro atoms. The second-order valence-electron chi connectivity index (χ2n) is 5.33. The number of aromatic nitrogens is 2. The van der Waals surface area contributed by atoms with Crippen LogP contribution in [0.2, 0.25) is 0 Å². The highest BCUT2D eigenvalue weighted by Crippen LogP contribution is 2.31. The van der Waals surface area contributed by atoms with Gasteiger partial charge in [-0.2, -0.15) is 0 Å². The van der Waals surface area contributed by atoms with E-state index in [0.717, 1.165) is 18.8 Å². The van der Waals surface area contributed by atoms with Crippen molar-refractivity contribution in [1.82, 2.24) is 9.97 Å². The summed E-state index contributed by atoms with van der Waals surface area (Å²) in [7, 11) is 0. The molecule has 8 nitrogen and oxygen atoms in total. The number of nitrogen functional groups attached to an aromatic ring is 1. The zero-order chi connectivity index (χ0) is 14.5. The summed E-state index contributed by atoms with van der Waals surface area (Å²) in [5.41, 5.74) is 2.02. The van der Waals surface area contributed by atoms with E-state index in [0.29, 0.717) is 12.5 Å². The number of hydrazine groups is 1. The number of nitrogens with two attached hydrogens (primary N) is 1. The molecule has 20 heavy (non-hydrogen) atoms. The van der Waals surface area contributed by atoms with Gasteiger partial charge in [-0.15, -0.1) is 0 Å².